The monoisotopic (exact) mass is 432 g/mol. The van der Waals surface area contributed by atoms with E-state index in [0.29, 0.717) is 28.7 Å². The van der Waals surface area contributed by atoms with Gasteiger partial charge in [-0.25, -0.2) is 9.78 Å². The van der Waals surface area contributed by atoms with Gasteiger partial charge in [0.15, 0.2) is 17.2 Å². The van der Waals surface area contributed by atoms with Gasteiger partial charge < -0.3 is 4.42 Å². The van der Waals surface area contributed by atoms with Crippen LogP contribution >= 0.6 is 11.3 Å². The Bertz CT molecular complexity index is 1440. The second-order valence-corrected chi connectivity index (χ2v) is 8.70. The fourth-order valence-corrected chi connectivity index (χ4v) is 4.81. The number of nitrogens with zero attached hydrogens (tertiary/aromatic N) is 4. The number of hydrogen-bond donors (Lipinski definition) is 0. The number of carbonyl (C=O) groups excluding carboxylic acids is 1. The van der Waals surface area contributed by atoms with Crippen molar-refractivity contribution in [1.29, 1.82) is 0 Å². The molecule has 0 fully saturated rings. The van der Waals surface area contributed by atoms with Gasteiger partial charge in [-0.05, 0) is 35.4 Å². The Kier molecular flexibility index (Phi) is 4.78. The average molecular weight is 433 g/mol. The third-order valence-electron chi connectivity index (χ3n) is 5.10. The molecule has 31 heavy (non-hydrogen) atoms. The van der Waals surface area contributed by atoms with E-state index < -0.39 is 5.69 Å². The molecule has 0 aliphatic rings. The van der Waals surface area contributed by atoms with Crippen LogP contribution in [0.3, 0.4) is 0 Å². The SMILES string of the molecule is CC(C)Cc1csc2c1c1nc(-c3ccco3)nn1c(=O)n2CC(=O)c1ccccc1. The van der Waals surface area contributed by atoms with E-state index in [2.05, 4.69) is 29.3 Å². The molecule has 5 rings (SSSR count). The molecule has 0 radical (unpaired) electrons. The van der Waals surface area contributed by atoms with Gasteiger partial charge in [0.05, 0.1) is 18.2 Å². The van der Waals surface area contributed by atoms with Crippen LogP contribution in [0.4, 0.5) is 0 Å². The van der Waals surface area contributed by atoms with Crippen LogP contribution in [0.2, 0.25) is 0 Å². The standard InChI is InChI=1S/C23H20N4O3S/c1-14(2)11-16-13-31-22-19(16)21-24-20(18-9-6-10-30-18)25-27(21)23(29)26(22)12-17(28)15-7-4-3-5-8-15/h3-10,13-14H,11-12H2,1-2H3. The summed E-state index contributed by atoms with van der Waals surface area (Å²) in [5.74, 6) is 1.13. The predicted octanol–water partition coefficient (Wildman–Crippen LogP) is 4.45. The van der Waals surface area contributed by atoms with Crippen molar-refractivity contribution in [1.82, 2.24) is 19.2 Å². The lowest BCUT2D eigenvalue weighted by atomic mass is 10.0. The van der Waals surface area contributed by atoms with Gasteiger partial charge in [0.2, 0.25) is 5.82 Å². The lowest BCUT2D eigenvalue weighted by Crippen LogP contribution is -2.30. The Morgan fingerprint density at radius 1 is 1.16 bits per heavy atom. The van der Waals surface area contributed by atoms with Crippen LogP contribution in [0.5, 0.6) is 0 Å². The van der Waals surface area contributed by atoms with E-state index in [1.165, 1.54) is 20.4 Å². The Morgan fingerprint density at radius 3 is 2.68 bits per heavy atom. The molecule has 0 unspecified atom stereocenters. The van der Waals surface area contributed by atoms with E-state index in [4.69, 9.17) is 4.42 Å². The van der Waals surface area contributed by atoms with Gasteiger partial charge >= 0.3 is 5.69 Å². The van der Waals surface area contributed by atoms with E-state index in [1.54, 1.807) is 30.5 Å². The quantitative estimate of drug-likeness (QED) is 0.370. The number of ketones is 1. The molecular weight excluding hydrogens is 412 g/mol. The minimum absolute atomic E-state index is 0.0626. The van der Waals surface area contributed by atoms with E-state index >= 15 is 0 Å². The van der Waals surface area contributed by atoms with Gasteiger partial charge in [-0.1, -0.05) is 44.2 Å². The van der Waals surface area contributed by atoms with Crippen molar-refractivity contribution in [3.05, 3.63) is 75.7 Å². The van der Waals surface area contributed by atoms with Gasteiger partial charge in [0, 0.05) is 5.56 Å². The number of hydrogen-bond acceptors (Lipinski definition) is 6. The van der Waals surface area contributed by atoms with Gasteiger partial charge in [-0.3, -0.25) is 9.36 Å². The molecule has 0 aliphatic heterocycles. The maximum atomic E-state index is 13.4. The molecule has 0 spiro atoms. The van der Waals surface area contributed by atoms with Crippen molar-refractivity contribution in [2.45, 2.75) is 26.8 Å². The first kappa shape index (κ1) is 19.4. The number of furan rings is 1. The summed E-state index contributed by atoms with van der Waals surface area (Å²) in [6.45, 7) is 4.23. The highest BCUT2D eigenvalue weighted by molar-refractivity contribution is 7.17. The first-order chi connectivity index (χ1) is 15.0. The molecule has 0 aliphatic carbocycles. The minimum atomic E-state index is -0.393. The highest BCUT2D eigenvalue weighted by Gasteiger charge is 2.22. The number of benzene rings is 1. The molecular formula is C23H20N4O3S. The average Bonchev–Trinajstić information content (AvgIpc) is 3.50. The number of carbonyl (C=O) groups is 1. The number of rotatable bonds is 6. The van der Waals surface area contributed by atoms with Gasteiger partial charge in [-0.15, -0.1) is 16.4 Å². The first-order valence-corrected chi connectivity index (χ1v) is 10.9. The summed E-state index contributed by atoms with van der Waals surface area (Å²) in [6.07, 6.45) is 2.38. The minimum Gasteiger partial charge on any atom is -0.461 e. The highest BCUT2D eigenvalue weighted by Crippen LogP contribution is 2.31. The molecule has 156 valence electrons. The molecule has 0 bridgehead atoms. The number of thiophene rings is 1. The zero-order chi connectivity index (χ0) is 21.5. The van der Waals surface area contributed by atoms with Crippen molar-refractivity contribution in [3.63, 3.8) is 0 Å². The maximum absolute atomic E-state index is 13.4. The van der Waals surface area contributed by atoms with Crippen molar-refractivity contribution in [3.8, 4) is 11.6 Å². The van der Waals surface area contributed by atoms with Crippen molar-refractivity contribution >= 4 is 33.0 Å². The molecule has 5 aromatic rings. The topological polar surface area (TPSA) is 82.4 Å². The molecule has 7 nitrogen and oxygen atoms in total. The summed E-state index contributed by atoms with van der Waals surface area (Å²) in [4.78, 5) is 31.6. The Hall–Kier alpha value is -3.52. The number of aromatic nitrogens is 4. The normalized spacial score (nSPS) is 11.7. The van der Waals surface area contributed by atoms with Crippen LogP contribution in [0.1, 0.15) is 29.8 Å². The zero-order valence-electron chi connectivity index (χ0n) is 17.1. The van der Waals surface area contributed by atoms with Gasteiger partial charge in [0.25, 0.3) is 0 Å². The summed E-state index contributed by atoms with van der Waals surface area (Å²) in [5, 5.41) is 7.33. The predicted molar refractivity (Wildman–Crippen MR) is 120 cm³/mol. The summed E-state index contributed by atoms with van der Waals surface area (Å²) in [7, 11) is 0. The smallest absolute Gasteiger partial charge is 0.352 e. The van der Waals surface area contributed by atoms with E-state index in [1.807, 2.05) is 18.2 Å². The Balaban J connectivity index is 1.74. The maximum Gasteiger partial charge on any atom is 0.352 e. The van der Waals surface area contributed by atoms with Gasteiger partial charge in [0.1, 0.15) is 4.83 Å². The zero-order valence-corrected chi connectivity index (χ0v) is 17.9. The molecule has 0 N–H and O–H groups in total. The van der Waals surface area contributed by atoms with Crippen LogP contribution in [0, 0.1) is 5.92 Å². The van der Waals surface area contributed by atoms with Crippen molar-refractivity contribution in [2.75, 3.05) is 0 Å². The molecule has 4 heterocycles. The third-order valence-corrected chi connectivity index (χ3v) is 6.15. The first-order valence-electron chi connectivity index (χ1n) is 10.0. The largest absolute Gasteiger partial charge is 0.461 e. The molecule has 8 heteroatoms. The second-order valence-electron chi connectivity index (χ2n) is 7.85. The van der Waals surface area contributed by atoms with E-state index in [9.17, 15) is 9.59 Å². The molecule has 0 atom stereocenters. The summed E-state index contributed by atoms with van der Waals surface area (Å²) >= 11 is 1.46. The van der Waals surface area contributed by atoms with Crippen LogP contribution in [0.15, 0.2) is 63.3 Å². The van der Waals surface area contributed by atoms with Gasteiger partial charge in [-0.2, -0.15) is 4.52 Å². The lowest BCUT2D eigenvalue weighted by molar-refractivity contribution is 0.0972. The summed E-state index contributed by atoms with van der Waals surface area (Å²) < 4.78 is 8.22. The summed E-state index contributed by atoms with van der Waals surface area (Å²) in [6, 6.07) is 12.5. The Labute approximate surface area is 181 Å². The summed E-state index contributed by atoms with van der Waals surface area (Å²) in [5.41, 5.74) is 1.76. The fourth-order valence-electron chi connectivity index (χ4n) is 3.73. The Morgan fingerprint density at radius 2 is 1.97 bits per heavy atom. The highest BCUT2D eigenvalue weighted by atomic mass is 32.1. The molecule has 1 aromatic carbocycles. The molecule has 0 saturated heterocycles. The van der Waals surface area contributed by atoms with Crippen LogP contribution in [-0.4, -0.2) is 24.9 Å². The third kappa shape index (κ3) is 3.38. The molecule has 4 aromatic heterocycles. The van der Waals surface area contributed by atoms with Crippen molar-refractivity contribution < 1.29 is 9.21 Å². The van der Waals surface area contributed by atoms with Crippen LogP contribution < -0.4 is 5.69 Å². The second kappa shape index (κ2) is 7.63. The molecule has 0 amide bonds. The van der Waals surface area contributed by atoms with E-state index in [0.717, 1.165) is 22.2 Å². The molecule has 0 saturated carbocycles. The van der Waals surface area contributed by atoms with Crippen LogP contribution in [0.25, 0.3) is 27.4 Å². The number of Topliss-reactive ketones (excluding diaryl/α,β-unsaturated/α-hetero) is 1. The fraction of sp³-hybridized carbons (Fsp3) is 0.217. The van der Waals surface area contributed by atoms with Crippen LogP contribution in [-0.2, 0) is 13.0 Å². The van der Waals surface area contributed by atoms with Crippen molar-refractivity contribution in [2.24, 2.45) is 5.92 Å². The van der Waals surface area contributed by atoms with E-state index in [-0.39, 0.29) is 12.3 Å². The number of fused-ring (bicyclic) bond motifs is 3. The lowest BCUT2D eigenvalue weighted by Gasteiger charge is -2.09.